The van der Waals surface area contributed by atoms with E-state index in [1.54, 1.807) is 0 Å². The number of carbonyl (C=O) groups excluding carboxylic acids is 1. The standard InChI is InChI=1S/C30H43O6P/c1-20-13-14-32-24(16-20)9-5-11-26-19-27-30(35-27)28(36-37)18-22(3)15-21(2)17-25-10-4-7-23(33-25)8-6-12-29(31)34-26/h4-7,9,12-13,21,23-28,30H,3,8,10-11,14-19,37H2,1-2H3/b9-5+,12-6-/t21-,23-,24+,25-,26+,27+,28-,30+/m0/s1. The molecule has 4 aliphatic heterocycles. The molecule has 1 unspecified atom stereocenters. The predicted octanol–water partition coefficient (Wildman–Crippen LogP) is 5.95. The van der Waals surface area contributed by atoms with Gasteiger partial charge in [0, 0.05) is 28.4 Å². The zero-order valence-corrected chi connectivity index (χ0v) is 23.4. The Balaban J connectivity index is 1.42. The molecule has 0 aromatic rings. The van der Waals surface area contributed by atoms with Gasteiger partial charge in [0.15, 0.2) is 0 Å². The van der Waals surface area contributed by atoms with Crippen molar-refractivity contribution < 1.29 is 28.3 Å². The quantitative estimate of drug-likeness (QED) is 0.194. The fourth-order valence-electron chi connectivity index (χ4n) is 5.56. The predicted molar refractivity (Wildman–Crippen MR) is 148 cm³/mol. The molecule has 0 spiro atoms. The van der Waals surface area contributed by atoms with E-state index in [4.69, 9.17) is 23.5 Å². The van der Waals surface area contributed by atoms with Crippen molar-refractivity contribution in [3.8, 4) is 0 Å². The summed E-state index contributed by atoms with van der Waals surface area (Å²) in [4.78, 5) is 12.7. The smallest absolute Gasteiger partial charge is 0.330 e. The summed E-state index contributed by atoms with van der Waals surface area (Å²) in [5.41, 5.74) is 2.51. The van der Waals surface area contributed by atoms with Crippen LogP contribution in [0.25, 0.3) is 0 Å². The van der Waals surface area contributed by atoms with E-state index in [1.807, 2.05) is 6.08 Å². The number of hydrogen-bond donors (Lipinski definition) is 0. The molecule has 4 aliphatic rings. The van der Waals surface area contributed by atoms with Crippen LogP contribution in [0.1, 0.15) is 65.2 Å². The first-order valence-corrected chi connectivity index (χ1v) is 14.2. The van der Waals surface area contributed by atoms with Crippen molar-refractivity contribution >= 4 is 15.4 Å². The van der Waals surface area contributed by atoms with Crippen LogP contribution in [0.4, 0.5) is 0 Å². The number of esters is 1. The third kappa shape index (κ3) is 9.30. The number of cyclic esters (lactones) is 1. The molecule has 0 saturated carbocycles. The molecule has 0 aromatic heterocycles. The van der Waals surface area contributed by atoms with E-state index in [0.717, 1.165) is 32.1 Å². The second-order valence-corrected chi connectivity index (χ2v) is 11.3. The van der Waals surface area contributed by atoms with Gasteiger partial charge < -0.3 is 23.5 Å². The van der Waals surface area contributed by atoms with E-state index in [2.05, 4.69) is 60.3 Å². The van der Waals surface area contributed by atoms with Crippen molar-refractivity contribution in [2.75, 3.05) is 6.61 Å². The molecule has 9 atom stereocenters. The molecule has 1 saturated heterocycles. The molecule has 2 bridgehead atoms. The molecule has 7 heteroatoms. The fourth-order valence-corrected chi connectivity index (χ4v) is 5.81. The number of fused-ring (bicyclic) bond motifs is 3. The van der Waals surface area contributed by atoms with Crippen LogP contribution in [0.2, 0.25) is 0 Å². The van der Waals surface area contributed by atoms with Gasteiger partial charge in [-0.3, -0.25) is 0 Å². The lowest BCUT2D eigenvalue weighted by Crippen LogP contribution is -2.26. The molecule has 204 valence electrons. The number of epoxide rings is 1. The van der Waals surface area contributed by atoms with Gasteiger partial charge in [0.2, 0.25) is 0 Å². The fraction of sp³-hybridized carbons (Fsp3) is 0.633. The van der Waals surface area contributed by atoms with Gasteiger partial charge in [0.1, 0.15) is 12.2 Å². The lowest BCUT2D eigenvalue weighted by Gasteiger charge is -2.28. The van der Waals surface area contributed by atoms with Gasteiger partial charge in [-0.25, -0.2) is 4.79 Å². The minimum absolute atomic E-state index is 0.00107. The van der Waals surface area contributed by atoms with Gasteiger partial charge in [0.25, 0.3) is 0 Å². The first kappa shape index (κ1) is 28.4. The summed E-state index contributed by atoms with van der Waals surface area (Å²) in [7, 11) is 2.39. The molecule has 4 rings (SSSR count). The van der Waals surface area contributed by atoms with E-state index in [1.165, 1.54) is 17.2 Å². The van der Waals surface area contributed by atoms with Gasteiger partial charge in [-0.15, -0.1) is 0 Å². The highest BCUT2D eigenvalue weighted by Crippen LogP contribution is 2.37. The van der Waals surface area contributed by atoms with Crippen LogP contribution in [0.3, 0.4) is 0 Å². The summed E-state index contributed by atoms with van der Waals surface area (Å²) in [6, 6.07) is 0. The zero-order chi connectivity index (χ0) is 26.2. The highest BCUT2D eigenvalue weighted by atomic mass is 31.0. The first-order valence-electron chi connectivity index (χ1n) is 13.7. The number of rotatable bonds is 4. The van der Waals surface area contributed by atoms with E-state index < -0.39 is 0 Å². The molecular formula is C30H43O6P. The van der Waals surface area contributed by atoms with Crippen LogP contribution in [-0.2, 0) is 28.3 Å². The topological polar surface area (TPSA) is 66.5 Å². The minimum atomic E-state index is -0.332. The van der Waals surface area contributed by atoms with Crippen LogP contribution in [0.15, 0.2) is 60.3 Å². The normalized spacial score (nSPS) is 38.7. The first-order chi connectivity index (χ1) is 17.9. The number of carbonyl (C=O) groups is 1. The lowest BCUT2D eigenvalue weighted by molar-refractivity contribution is -0.143. The van der Waals surface area contributed by atoms with E-state index in [-0.39, 0.29) is 48.7 Å². The second kappa shape index (κ2) is 14.0. The summed E-state index contributed by atoms with van der Waals surface area (Å²) >= 11 is 0. The molecule has 4 heterocycles. The van der Waals surface area contributed by atoms with E-state index >= 15 is 0 Å². The number of ether oxygens (including phenoxy) is 4. The van der Waals surface area contributed by atoms with Gasteiger partial charge in [0.05, 0.1) is 37.1 Å². The molecule has 6 nitrogen and oxygen atoms in total. The van der Waals surface area contributed by atoms with Gasteiger partial charge >= 0.3 is 5.97 Å². The lowest BCUT2D eigenvalue weighted by atomic mass is 9.91. The maximum absolute atomic E-state index is 12.7. The van der Waals surface area contributed by atoms with Crippen LogP contribution in [-0.4, -0.2) is 55.3 Å². The Labute approximate surface area is 224 Å². The summed E-state index contributed by atoms with van der Waals surface area (Å²) in [5.74, 6) is 0.139. The van der Waals surface area contributed by atoms with Crippen molar-refractivity contribution in [3.63, 3.8) is 0 Å². The average Bonchev–Trinajstić information content (AvgIpc) is 3.61. The highest BCUT2D eigenvalue weighted by molar-refractivity contribution is 7.09. The zero-order valence-electron chi connectivity index (χ0n) is 22.3. The molecule has 1 fully saturated rings. The second-order valence-electron chi connectivity index (χ2n) is 11.0. The highest BCUT2D eigenvalue weighted by Gasteiger charge is 2.46. The van der Waals surface area contributed by atoms with Crippen molar-refractivity contribution in [1.29, 1.82) is 0 Å². The van der Waals surface area contributed by atoms with Crippen molar-refractivity contribution in [2.45, 2.75) is 108 Å². The summed E-state index contributed by atoms with van der Waals surface area (Å²) in [5, 5.41) is 0. The Hall–Kier alpha value is -1.56. The third-order valence-corrected chi connectivity index (χ3v) is 7.84. The van der Waals surface area contributed by atoms with Gasteiger partial charge in [-0.05, 0) is 51.4 Å². The van der Waals surface area contributed by atoms with E-state index in [9.17, 15) is 4.79 Å². The molecular weight excluding hydrogens is 487 g/mol. The Morgan fingerprint density at radius 3 is 2.84 bits per heavy atom. The Bertz CT molecular complexity index is 908. The van der Waals surface area contributed by atoms with Crippen LogP contribution in [0.5, 0.6) is 0 Å². The van der Waals surface area contributed by atoms with Crippen LogP contribution in [0, 0.1) is 5.92 Å². The summed E-state index contributed by atoms with van der Waals surface area (Å²) in [6.45, 7) is 9.37. The van der Waals surface area contributed by atoms with Crippen LogP contribution < -0.4 is 0 Å². The summed E-state index contributed by atoms with van der Waals surface area (Å²) in [6.07, 6.45) is 20.2. The third-order valence-electron chi connectivity index (χ3n) is 7.49. The summed E-state index contributed by atoms with van der Waals surface area (Å²) < 4.78 is 29.7. The maximum Gasteiger partial charge on any atom is 0.330 e. The average molecular weight is 531 g/mol. The molecule has 0 radical (unpaired) electrons. The SMILES string of the molecule is C=C1C[C@H](C)C[C@@H]2CC=C[C@@H](C/C=C\C(=O)O[C@H](C/C=C/[C@@H]3CC(C)=CCO3)C[C@H]3O[C@H]3[C@@H](OP)C1)O2. The Morgan fingerprint density at radius 1 is 1.16 bits per heavy atom. The molecule has 0 amide bonds. The monoisotopic (exact) mass is 530 g/mol. The minimum Gasteiger partial charge on any atom is -0.459 e. The molecule has 0 N–H and O–H groups in total. The van der Waals surface area contributed by atoms with Crippen molar-refractivity contribution in [2.24, 2.45) is 5.92 Å². The Kier molecular flexibility index (Phi) is 10.8. The Morgan fingerprint density at radius 2 is 2.03 bits per heavy atom. The van der Waals surface area contributed by atoms with E-state index in [0.29, 0.717) is 31.8 Å². The maximum atomic E-state index is 12.7. The van der Waals surface area contributed by atoms with Crippen molar-refractivity contribution in [1.82, 2.24) is 0 Å². The molecule has 37 heavy (non-hydrogen) atoms. The molecule has 0 aromatic carbocycles. The number of hydrogen-bond acceptors (Lipinski definition) is 6. The molecule has 0 aliphatic carbocycles. The largest absolute Gasteiger partial charge is 0.459 e. The van der Waals surface area contributed by atoms with Crippen molar-refractivity contribution in [3.05, 3.63) is 60.3 Å². The van der Waals surface area contributed by atoms with Crippen LogP contribution >= 0.6 is 9.47 Å². The van der Waals surface area contributed by atoms with Gasteiger partial charge in [-0.2, -0.15) is 0 Å². The van der Waals surface area contributed by atoms with Gasteiger partial charge in [-0.1, -0.05) is 61.1 Å².